The fourth-order valence-corrected chi connectivity index (χ4v) is 1.37. The van der Waals surface area contributed by atoms with E-state index >= 15 is 0 Å². The molecule has 0 aromatic carbocycles. The molecule has 6 heteroatoms. The topological polar surface area (TPSA) is 64.6 Å². The lowest BCUT2D eigenvalue weighted by Gasteiger charge is -2.11. The average molecular weight is 329 g/mol. The normalized spacial score (nSPS) is 11.7. The van der Waals surface area contributed by atoms with E-state index in [9.17, 15) is 9.59 Å². The number of unbranched alkanes of at least 4 members (excludes halogenated alkanes) is 1. The smallest absolute Gasteiger partial charge is 0.407 e. The Balaban J connectivity index is 3.62. The van der Waals surface area contributed by atoms with Gasteiger partial charge < -0.3 is 14.8 Å². The summed E-state index contributed by atoms with van der Waals surface area (Å²) in [5.41, 5.74) is 0. The highest BCUT2D eigenvalue weighted by atomic mass is 127. The minimum atomic E-state index is -0.494. The van der Waals surface area contributed by atoms with Crippen molar-refractivity contribution in [2.75, 3.05) is 13.7 Å². The van der Waals surface area contributed by atoms with Crippen LogP contribution in [0.4, 0.5) is 4.79 Å². The van der Waals surface area contributed by atoms with Gasteiger partial charge in [0.15, 0.2) is 0 Å². The zero-order valence-electron chi connectivity index (χ0n) is 8.92. The summed E-state index contributed by atoms with van der Waals surface area (Å²) in [6.07, 6.45) is 1.46. The first kappa shape index (κ1) is 14.5. The van der Waals surface area contributed by atoms with Crippen molar-refractivity contribution in [2.45, 2.75) is 30.2 Å². The largest absolute Gasteiger partial charge is 0.469 e. The molecule has 0 spiro atoms. The molecular weight excluding hydrogens is 313 g/mol. The summed E-state index contributed by atoms with van der Waals surface area (Å²) in [7, 11) is 1.31. The number of rotatable bonds is 6. The molecule has 0 aliphatic heterocycles. The lowest BCUT2D eigenvalue weighted by Crippen LogP contribution is -2.33. The van der Waals surface area contributed by atoms with Gasteiger partial charge in [0.05, 0.1) is 24.2 Å². The molecule has 15 heavy (non-hydrogen) atoms. The summed E-state index contributed by atoms with van der Waals surface area (Å²) < 4.78 is 9.02. The number of esters is 1. The molecule has 0 aliphatic carbocycles. The van der Waals surface area contributed by atoms with E-state index in [0.29, 0.717) is 6.61 Å². The number of ether oxygens (including phenoxy) is 2. The van der Waals surface area contributed by atoms with Crippen LogP contribution >= 0.6 is 22.6 Å². The lowest BCUT2D eigenvalue weighted by molar-refractivity contribution is -0.140. The highest BCUT2D eigenvalue weighted by molar-refractivity contribution is 14.1. The van der Waals surface area contributed by atoms with Crippen LogP contribution in [0.15, 0.2) is 0 Å². The predicted octanol–water partition coefficient (Wildman–Crippen LogP) is 1.84. The summed E-state index contributed by atoms with van der Waals surface area (Å²) in [5.74, 6) is -0.358. The molecule has 0 bridgehead atoms. The summed E-state index contributed by atoms with van der Waals surface area (Å²) in [4.78, 5) is 22.0. The van der Waals surface area contributed by atoms with E-state index in [1.165, 1.54) is 7.11 Å². The number of carbonyl (C=O) groups is 2. The van der Waals surface area contributed by atoms with Gasteiger partial charge >= 0.3 is 12.1 Å². The van der Waals surface area contributed by atoms with Gasteiger partial charge in [-0.05, 0) is 6.42 Å². The van der Waals surface area contributed by atoms with Gasteiger partial charge in [0, 0.05) is 0 Å². The molecule has 0 saturated heterocycles. The standard InChI is InChI=1S/C9H16INO4/c1-3-4-5-15-9(13)11-7(10)6-8(12)14-2/h7H,3-6H2,1-2H3,(H,11,13). The molecule has 1 N–H and O–H groups in total. The Kier molecular flexibility index (Phi) is 8.44. The third kappa shape index (κ3) is 8.46. The van der Waals surface area contributed by atoms with E-state index in [4.69, 9.17) is 4.74 Å². The first-order chi connectivity index (χ1) is 7.10. The molecule has 0 radical (unpaired) electrons. The second-order valence-corrected chi connectivity index (χ2v) is 4.39. The Morgan fingerprint density at radius 1 is 1.47 bits per heavy atom. The van der Waals surface area contributed by atoms with Gasteiger partial charge in [-0.2, -0.15) is 0 Å². The number of hydrogen-bond acceptors (Lipinski definition) is 4. The van der Waals surface area contributed by atoms with Crippen LogP contribution in [0.5, 0.6) is 0 Å². The highest BCUT2D eigenvalue weighted by Crippen LogP contribution is 2.03. The average Bonchev–Trinajstić information content (AvgIpc) is 2.17. The monoisotopic (exact) mass is 329 g/mol. The quantitative estimate of drug-likeness (QED) is 0.266. The molecule has 1 amide bonds. The van der Waals surface area contributed by atoms with E-state index < -0.39 is 6.09 Å². The third-order valence-electron chi connectivity index (χ3n) is 1.58. The van der Waals surface area contributed by atoms with E-state index in [2.05, 4.69) is 10.1 Å². The van der Waals surface area contributed by atoms with Crippen LogP contribution in [0, 0.1) is 0 Å². The number of alkyl carbamates (subject to hydrolysis) is 1. The summed E-state index contributed by atoms with van der Waals surface area (Å²) in [5, 5.41) is 2.53. The van der Waals surface area contributed by atoms with Gasteiger partial charge in [0.2, 0.25) is 0 Å². The molecule has 0 fully saturated rings. The second-order valence-electron chi connectivity index (χ2n) is 2.88. The van der Waals surface area contributed by atoms with Gasteiger partial charge in [-0.1, -0.05) is 35.9 Å². The second kappa shape index (κ2) is 8.75. The minimum absolute atomic E-state index is 0.139. The minimum Gasteiger partial charge on any atom is -0.469 e. The van der Waals surface area contributed by atoms with Gasteiger partial charge in [-0.3, -0.25) is 4.79 Å². The van der Waals surface area contributed by atoms with Gasteiger partial charge in [0.1, 0.15) is 0 Å². The number of nitrogens with one attached hydrogen (secondary N) is 1. The van der Waals surface area contributed by atoms with Crippen LogP contribution in [-0.2, 0) is 14.3 Å². The summed E-state index contributed by atoms with van der Waals surface area (Å²) in [6.45, 7) is 2.42. The van der Waals surface area contributed by atoms with Crippen molar-refractivity contribution < 1.29 is 19.1 Å². The molecule has 0 aromatic rings. The number of carbonyl (C=O) groups excluding carboxylic acids is 2. The molecular formula is C9H16INO4. The predicted molar refractivity (Wildman–Crippen MR) is 63.8 cm³/mol. The maximum atomic E-state index is 11.1. The highest BCUT2D eigenvalue weighted by Gasteiger charge is 2.13. The van der Waals surface area contributed by atoms with Crippen molar-refractivity contribution >= 4 is 34.7 Å². The van der Waals surface area contributed by atoms with Gasteiger partial charge in [0.25, 0.3) is 0 Å². The number of methoxy groups -OCH3 is 1. The third-order valence-corrected chi connectivity index (χ3v) is 2.33. The molecule has 5 nitrogen and oxygen atoms in total. The zero-order chi connectivity index (χ0) is 11.7. The Labute approximate surface area is 103 Å². The first-order valence-electron chi connectivity index (χ1n) is 4.74. The Bertz CT molecular complexity index is 210. The SMILES string of the molecule is CCCCOC(=O)NC(I)CC(=O)OC. The van der Waals surface area contributed by atoms with Gasteiger partial charge in [-0.25, -0.2) is 4.79 Å². The molecule has 0 saturated carbocycles. The number of amides is 1. The van der Waals surface area contributed by atoms with E-state index in [-0.39, 0.29) is 16.4 Å². The van der Waals surface area contributed by atoms with Gasteiger partial charge in [-0.15, -0.1) is 0 Å². The molecule has 1 unspecified atom stereocenters. The van der Waals surface area contributed by atoms with Crippen molar-refractivity contribution in [1.29, 1.82) is 0 Å². The summed E-state index contributed by atoms with van der Waals surface area (Å²) >= 11 is 1.94. The van der Waals surface area contributed by atoms with Crippen LogP contribution in [-0.4, -0.2) is 29.8 Å². The Hall–Kier alpha value is -0.530. The van der Waals surface area contributed by atoms with Crippen LogP contribution in [0.1, 0.15) is 26.2 Å². The maximum Gasteiger partial charge on any atom is 0.407 e. The van der Waals surface area contributed by atoms with E-state index in [0.717, 1.165) is 12.8 Å². The van der Waals surface area contributed by atoms with Crippen LogP contribution < -0.4 is 5.32 Å². The van der Waals surface area contributed by atoms with Crippen molar-refractivity contribution in [2.24, 2.45) is 0 Å². The number of alkyl halides is 1. The zero-order valence-corrected chi connectivity index (χ0v) is 11.1. The lowest BCUT2D eigenvalue weighted by atomic mass is 10.4. The number of halogens is 1. The first-order valence-corrected chi connectivity index (χ1v) is 5.98. The van der Waals surface area contributed by atoms with E-state index in [1.807, 2.05) is 29.5 Å². The summed E-state index contributed by atoms with van der Waals surface area (Å²) in [6, 6.07) is 0. The molecule has 0 rings (SSSR count). The molecule has 0 aromatic heterocycles. The van der Waals surface area contributed by atoms with Crippen molar-refractivity contribution in [3.63, 3.8) is 0 Å². The molecule has 0 heterocycles. The van der Waals surface area contributed by atoms with Crippen molar-refractivity contribution in [3.8, 4) is 0 Å². The molecule has 0 aliphatic rings. The Morgan fingerprint density at radius 3 is 2.67 bits per heavy atom. The maximum absolute atomic E-state index is 11.1. The van der Waals surface area contributed by atoms with Crippen LogP contribution in [0.2, 0.25) is 0 Å². The fraction of sp³-hybridized carbons (Fsp3) is 0.778. The van der Waals surface area contributed by atoms with E-state index in [1.54, 1.807) is 0 Å². The van der Waals surface area contributed by atoms with Crippen molar-refractivity contribution in [1.82, 2.24) is 5.32 Å². The van der Waals surface area contributed by atoms with Crippen LogP contribution in [0.3, 0.4) is 0 Å². The number of hydrogen-bond donors (Lipinski definition) is 1. The molecule has 88 valence electrons. The fourth-order valence-electron chi connectivity index (χ4n) is 0.759. The Morgan fingerprint density at radius 2 is 2.13 bits per heavy atom. The van der Waals surface area contributed by atoms with Crippen molar-refractivity contribution in [3.05, 3.63) is 0 Å². The molecule has 1 atom stereocenters. The van der Waals surface area contributed by atoms with Crippen LogP contribution in [0.25, 0.3) is 0 Å².